The van der Waals surface area contributed by atoms with Crippen molar-refractivity contribution in [2.45, 2.75) is 52.6 Å². The minimum absolute atomic E-state index is 0.611. The number of rotatable bonds is 2. The molecule has 1 fully saturated rings. The first-order valence-corrected chi connectivity index (χ1v) is 4.55. The molecule has 1 aliphatic rings. The highest BCUT2D eigenvalue weighted by Gasteiger charge is 2.12. The molecule has 10 heavy (non-hydrogen) atoms. The smallest absolute Gasteiger partial charge is 0.0575 e. The lowest BCUT2D eigenvalue weighted by Gasteiger charge is -2.04. The molecule has 0 bridgehead atoms. The van der Waals surface area contributed by atoms with Crippen LogP contribution in [0.1, 0.15) is 46.5 Å². The van der Waals surface area contributed by atoms with Crippen molar-refractivity contribution < 1.29 is 4.74 Å². The molecule has 1 heterocycles. The molecule has 0 aromatic heterocycles. The average Bonchev–Trinajstić information content (AvgIpc) is 2.46. The van der Waals surface area contributed by atoms with E-state index in [4.69, 9.17) is 4.74 Å². The molecule has 0 amide bonds. The summed E-state index contributed by atoms with van der Waals surface area (Å²) in [5.41, 5.74) is 0. The number of hydrogen-bond acceptors (Lipinski definition) is 1. The summed E-state index contributed by atoms with van der Waals surface area (Å²) in [7, 11) is 0. The van der Waals surface area contributed by atoms with Gasteiger partial charge in [-0.3, -0.25) is 0 Å². The lowest BCUT2D eigenvalue weighted by atomic mass is 10.1. The average molecular weight is 144 g/mol. The predicted octanol–water partition coefficient (Wildman–Crippen LogP) is 2.99. The lowest BCUT2D eigenvalue weighted by molar-refractivity contribution is 0.103. The van der Waals surface area contributed by atoms with Crippen LogP contribution < -0.4 is 0 Å². The molecule has 0 spiro atoms. The zero-order valence-corrected chi connectivity index (χ0v) is 7.52. The summed E-state index contributed by atoms with van der Waals surface area (Å²) in [6.45, 7) is 7.21. The molecule has 0 aromatic rings. The van der Waals surface area contributed by atoms with Gasteiger partial charge in [0.25, 0.3) is 0 Å². The first kappa shape index (κ1) is 9.96. The van der Waals surface area contributed by atoms with Crippen LogP contribution in [0.5, 0.6) is 0 Å². The fraction of sp³-hybridized carbons (Fsp3) is 1.00. The van der Waals surface area contributed by atoms with Gasteiger partial charge in [0, 0.05) is 6.61 Å². The van der Waals surface area contributed by atoms with Crippen molar-refractivity contribution in [3.63, 3.8) is 0 Å². The third kappa shape index (κ3) is 3.89. The van der Waals surface area contributed by atoms with Gasteiger partial charge in [0.2, 0.25) is 0 Å². The third-order valence-electron chi connectivity index (χ3n) is 1.63. The maximum Gasteiger partial charge on any atom is 0.0575 e. The van der Waals surface area contributed by atoms with Gasteiger partial charge in [0.1, 0.15) is 0 Å². The highest BCUT2D eigenvalue weighted by atomic mass is 16.5. The highest BCUT2D eigenvalue weighted by molar-refractivity contribution is 4.62. The molecule has 1 saturated heterocycles. The zero-order chi connectivity index (χ0) is 7.82. The van der Waals surface area contributed by atoms with Gasteiger partial charge in [-0.15, -0.1) is 0 Å². The van der Waals surface area contributed by atoms with Crippen molar-refractivity contribution in [1.82, 2.24) is 0 Å². The quantitative estimate of drug-likeness (QED) is 0.579. The Bertz CT molecular complexity index is 55.7. The van der Waals surface area contributed by atoms with Crippen LogP contribution in [0.2, 0.25) is 0 Å². The fourth-order valence-corrected chi connectivity index (χ4v) is 1.19. The van der Waals surface area contributed by atoms with Gasteiger partial charge in [-0.1, -0.05) is 27.2 Å². The van der Waals surface area contributed by atoms with Crippen molar-refractivity contribution in [1.29, 1.82) is 0 Å². The Hall–Kier alpha value is -0.0400. The fourth-order valence-electron chi connectivity index (χ4n) is 1.19. The second-order valence-electron chi connectivity index (χ2n) is 2.42. The molecule has 1 heteroatoms. The second kappa shape index (κ2) is 7.07. The van der Waals surface area contributed by atoms with Crippen LogP contribution in [0.3, 0.4) is 0 Å². The summed E-state index contributed by atoms with van der Waals surface area (Å²) in [5, 5.41) is 0. The van der Waals surface area contributed by atoms with E-state index in [0.717, 1.165) is 6.61 Å². The predicted molar refractivity (Wildman–Crippen MR) is 45.2 cm³/mol. The normalized spacial score (nSPS) is 23.7. The van der Waals surface area contributed by atoms with Gasteiger partial charge in [-0.2, -0.15) is 0 Å². The Kier molecular flexibility index (Phi) is 7.04. The molecule has 0 radical (unpaired) electrons. The van der Waals surface area contributed by atoms with E-state index in [0.29, 0.717) is 6.10 Å². The molecule has 0 aliphatic carbocycles. The van der Waals surface area contributed by atoms with Crippen molar-refractivity contribution in [2.75, 3.05) is 6.61 Å². The van der Waals surface area contributed by atoms with E-state index in [1.165, 1.54) is 25.7 Å². The van der Waals surface area contributed by atoms with E-state index in [1.807, 2.05) is 13.8 Å². The summed E-state index contributed by atoms with van der Waals surface area (Å²) in [5.74, 6) is 0. The highest BCUT2D eigenvalue weighted by Crippen LogP contribution is 2.15. The van der Waals surface area contributed by atoms with Crippen LogP contribution in [0.4, 0.5) is 0 Å². The van der Waals surface area contributed by atoms with Gasteiger partial charge < -0.3 is 4.74 Å². The number of ether oxygens (including phenoxy) is 1. The SMILES string of the molecule is CC.CCCC1CCCO1. The van der Waals surface area contributed by atoms with Gasteiger partial charge in [-0.25, -0.2) is 0 Å². The van der Waals surface area contributed by atoms with Crippen LogP contribution in [-0.4, -0.2) is 12.7 Å². The van der Waals surface area contributed by atoms with Crippen molar-refractivity contribution >= 4 is 0 Å². The molecular weight excluding hydrogens is 124 g/mol. The molecule has 1 rings (SSSR count). The number of hydrogen-bond donors (Lipinski definition) is 0. The Morgan fingerprint density at radius 3 is 2.50 bits per heavy atom. The molecule has 62 valence electrons. The summed E-state index contributed by atoms with van der Waals surface area (Å²) in [4.78, 5) is 0. The van der Waals surface area contributed by atoms with Crippen molar-refractivity contribution in [3.8, 4) is 0 Å². The standard InChI is InChI=1S/C7H14O.C2H6/c1-2-4-7-5-3-6-8-7;1-2/h7H,2-6H2,1H3;1-2H3. The van der Waals surface area contributed by atoms with Crippen LogP contribution in [0.25, 0.3) is 0 Å². The molecule has 1 aliphatic heterocycles. The Labute approximate surface area is 64.8 Å². The maximum atomic E-state index is 5.39. The van der Waals surface area contributed by atoms with Crippen LogP contribution in [-0.2, 0) is 4.74 Å². The van der Waals surface area contributed by atoms with Gasteiger partial charge in [0.15, 0.2) is 0 Å². The van der Waals surface area contributed by atoms with Gasteiger partial charge in [0.05, 0.1) is 6.10 Å². The summed E-state index contributed by atoms with van der Waals surface area (Å²) < 4.78 is 5.39. The third-order valence-corrected chi connectivity index (χ3v) is 1.63. The minimum atomic E-state index is 0.611. The largest absolute Gasteiger partial charge is 0.378 e. The van der Waals surface area contributed by atoms with E-state index in [9.17, 15) is 0 Å². The van der Waals surface area contributed by atoms with Crippen LogP contribution in [0.15, 0.2) is 0 Å². The van der Waals surface area contributed by atoms with E-state index in [-0.39, 0.29) is 0 Å². The summed E-state index contributed by atoms with van der Waals surface area (Å²) in [6.07, 6.45) is 5.73. The Morgan fingerprint density at radius 2 is 2.10 bits per heavy atom. The Morgan fingerprint density at radius 1 is 1.40 bits per heavy atom. The van der Waals surface area contributed by atoms with Crippen LogP contribution >= 0.6 is 0 Å². The summed E-state index contributed by atoms with van der Waals surface area (Å²) in [6, 6.07) is 0. The molecule has 0 saturated carbocycles. The van der Waals surface area contributed by atoms with E-state index in [2.05, 4.69) is 6.92 Å². The van der Waals surface area contributed by atoms with Crippen LogP contribution in [0, 0.1) is 0 Å². The topological polar surface area (TPSA) is 9.23 Å². The molecule has 1 unspecified atom stereocenters. The molecule has 0 N–H and O–H groups in total. The molecule has 0 aromatic carbocycles. The minimum Gasteiger partial charge on any atom is -0.378 e. The lowest BCUT2D eigenvalue weighted by Crippen LogP contribution is -2.02. The second-order valence-corrected chi connectivity index (χ2v) is 2.42. The summed E-state index contributed by atoms with van der Waals surface area (Å²) >= 11 is 0. The van der Waals surface area contributed by atoms with Gasteiger partial charge >= 0.3 is 0 Å². The first-order chi connectivity index (χ1) is 4.93. The maximum absolute atomic E-state index is 5.39. The van der Waals surface area contributed by atoms with Crippen molar-refractivity contribution in [2.24, 2.45) is 0 Å². The molecule has 1 atom stereocenters. The van der Waals surface area contributed by atoms with Gasteiger partial charge in [-0.05, 0) is 19.3 Å². The Balaban J connectivity index is 0.000000371. The molecule has 1 nitrogen and oxygen atoms in total. The van der Waals surface area contributed by atoms with E-state index < -0.39 is 0 Å². The monoisotopic (exact) mass is 144 g/mol. The van der Waals surface area contributed by atoms with Crippen molar-refractivity contribution in [3.05, 3.63) is 0 Å². The first-order valence-electron chi connectivity index (χ1n) is 4.55. The zero-order valence-electron chi connectivity index (χ0n) is 7.52. The van der Waals surface area contributed by atoms with E-state index >= 15 is 0 Å². The van der Waals surface area contributed by atoms with E-state index in [1.54, 1.807) is 0 Å². The molecular formula is C9H20O.